The van der Waals surface area contributed by atoms with Gasteiger partial charge in [-0.1, -0.05) is 0 Å². The van der Waals surface area contributed by atoms with Gasteiger partial charge in [-0.3, -0.25) is 9.59 Å². The summed E-state index contributed by atoms with van der Waals surface area (Å²) >= 11 is 0. The summed E-state index contributed by atoms with van der Waals surface area (Å²) in [6.07, 6.45) is 0. The van der Waals surface area contributed by atoms with E-state index in [2.05, 4.69) is 4.98 Å². The third-order valence-corrected chi connectivity index (χ3v) is 4.17. The molecule has 0 spiro atoms. The van der Waals surface area contributed by atoms with Crippen LogP contribution in [0.1, 0.15) is 66.5 Å². The summed E-state index contributed by atoms with van der Waals surface area (Å²) in [7, 11) is 0. The van der Waals surface area contributed by atoms with Gasteiger partial charge in [-0.2, -0.15) is 0 Å². The normalized spacial score (nSPS) is 10.8. The minimum absolute atomic E-state index is 0.114. The number of ether oxygens (including phenoxy) is 1. The zero-order chi connectivity index (χ0) is 18.2. The summed E-state index contributed by atoms with van der Waals surface area (Å²) in [6, 6.07) is 0. The summed E-state index contributed by atoms with van der Waals surface area (Å²) in [5.41, 5.74) is 3.06. The molecule has 2 aromatic rings. The number of aryl methyl sites for hydroxylation is 3. The molecule has 0 aliphatic heterocycles. The number of ketones is 2. The zero-order valence-electron chi connectivity index (χ0n) is 14.7. The van der Waals surface area contributed by atoms with Gasteiger partial charge >= 0.3 is 5.97 Å². The van der Waals surface area contributed by atoms with E-state index in [9.17, 15) is 14.4 Å². The topological polar surface area (TPSA) is 89.4 Å². The molecule has 0 bridgehead atoms. The molecule has 6 heteroatoms. The first kappa shape index (κ1) is 17.7. The van der Waals surface area contributed by atoms with Crippen LogP contribution in [0.5, 0.6) is 0 Å². The molecule has 2 heterocycles. The van der Waals surface area contributed by atoms with Crippen molar-refractivity contribution >= 4 is 17.5 Å². The fourth-order valence-electron chi connectivity index (χ4n) is 2.93. The molecule has 0 saturated heterocycles. The van der Waals surface area contributed by atoms with Gasteiger partial charge in [0.25, 0.3) is 0 Å². The quantitative estimate of drug-likeness (QED) is 0.670. The maximum atomic E-state index is 12.3. The molecular formula is C18H21NO5. The number of aromatic amines is 1. The molecule has 0 fully saturated rings. The van der Waals surface area contributed by atoms with Crippen molar-refractivity contribution in [2.75, 3.05) is 6.61 Å². The van der Waals surface area contributed by atoms with Crippen molar-refractivity contribution in [3.63, 3.8) is 0 Å². The lowest BCUT2D eigenvalue weighted by Gasteiger charge is -2.04. The summed E-state index contributed by atoms with van der Waals surface area (Å²) in [5, 5.41) is 0. The summed E-state index contributed by atoms with van der Waals surface area (Å²) in [6.45, 7) is 9.68. The largest absolute Gasteiger partial charge is 0.465 e. The first-order chi connectivity index (χ1) is 11.1. The Kier molecular flexibility index (Phi) is 4.78. The van der Waals surface area contributed by atoms with Crippen LogP contribution in [0, 0.1) is 34.6 Å². The van der Waals surface area contributed by atoms with Crippen molar-refractivity contribution in [3.05, 3.63) is 45.2 Å². The average Bonchev–Trinajstić information content (AvgIpc) is 2.92. The minimum atomic E-state index is -0.595. The zero-order valence-corrected chi connectivity index (χ0v) is 14.7. The molecule has 2 aromatic heterocycles. The van der Waals surface area contributed by atoms with Gasteiger partial charge in [0, 0.05) is 16.8 Å². The fourth-order valence-corrected chi connectivity index (χ4v) is 2.93. The molecule has 0 radical (unpaired) electrons. The van der Waals surface area contributed by atoms with Crippen molar-refractivity contribution in [1.29, 1.82) is 0 Å². The van der Waals surface area contributed by atoms with Gasteiger partial charge < -0.3 is 14.1 Å². The molecule has 0 saturated carbocycles. The summed E-state index contributed by atoms with van der Waals surface area (Å²) < 4.78 is 10.5. The van der Waals surface area contributed by atoms with Crippen LogP contribution in [0.15, 0.2) is 4.42 Å². The minimum Gasteiger partial charge on any atom is -0.465 e. The molecule has 2 rings (SSSR count). The molecular weight excluding hydrogens is 310 g/mol. The van der Waals surface area contributed by atoms with E-state index in [1.807, 2.05) is 0 Å². The van der Waals surface area contributed by atoms with Crippen LogP contribution in [0.2, 0.25) is 0 Å². The highest BCUT2D eigenvalue weighted by molar-refractivity contribution is 6.04. The van der Waals surface area contributed by atoms with Gasteiger partial charge in [0.2, 0.25) is 5.78 Å². The number of H-pyrrole nitrogens is 1. The first-order valence-corrected chi connectivity index (χ1v) is 7.62. The van der Waals surface area contributed by atoms with Gasteiger partial charge in [-0.05, 0) is 47.1 Å². The molecule has 0 unspecified atom stereocenters. The lowest BCUT2D eigenvalue weighted by Crippen LogP contribution is -2.16. The third kappa shape index (κ3) is 3.04. The Morgan fingerprint density at radius 3 is 2.04 bits per heavy atom. The first-order valence-electron chi connectivity index (χ1n) is 7.62. The molecule has 1 N–H and O–H groups in total. The standard InChI is InChI=1S/C18H21NO5/c1-8-12(5)24-13(6)16(8)18(22)23-7-14(21)17-9(2)15(11(4)20)10(3)19-17/h19H,7H2,1-6H3. The predicted octanol–water partition coefficient (Wildman–Crippen LogP) is 3.39. The highest BCUT2D eigenvalue weighted by Gasteiger charge is 2.23. The third-order valence-electron chi connectivity index (χ3n) is 4.17. The van der Waals surface area contributed by atoms with E-state index in [1.54, 1.807) is 34.6 Å². The molecule has 6 nitrogen and oxygen atoms in total. The van der Waals surface area contributed by atoms with Crippen molar-refractivity contribution in [2.45, 2.75) is 41.5 Å². The molecule has 24 heavy (non-hydrogen) atoms. The Balaban J connectivity index is 2.15. The van der Waals surface area contributed by atoms with E-state index >= 15 is 0 Å². The molecule has 0 aliphatic carbocycles. The van der Waals surface area contributed by atoms with Crippen LogP contribution >= 0.6 is 0 Å². The van der Waals surface area contributed by atoms with E-state index in [-0.39, 0.29) is 11.6 Å². The van der Waals surface area contributed by atoms with Crippen molar-refractivity contribution in [2.24, 2.45) is 0 Å². The van der Waals surface area contributed by atoms with E-state index in [0.29, 0.717) is 45.2 Å². The number of carbonyl (C=O) groups excluding carboxylic acids is 3. The number of nitrogens with one attached hydrogen (secondary N) is 1. The number of carbonyl (C=O) groups is 3. The number of Topliss-reactive ketones (excluding diaryl/α,β-unsaturated/α-hetero) is 2. The Labute approximate surface area is 140 Å². The van der Waals surface area contributed by atoms with Crippen LogP contribution in [0.4, 0.5) is 0 Å². The number of aromatic nitrogens is 1. The average molecular weight is 331 g/mol. The molecule has 128 valence electrons. The Morgan fingerprint density at radius 2 is 1.58 bits per heavy atom. The molecule has 0 aromatic carbocycles. The van der Waals surface area contributed by atoms with Gasteiger partial charge in [-0.25, -0.2) is 4.79 Å². The number of hydrogen-bond acceptors (Lipinski definition) is 5. The predicted molar refractivity (Wildman–Crippen MR) is 87.8 cm³/mol. The lowest BCUT2D eigenvalue weighted by molar-refractivity contribution is 0.0471. The van der Waals surface area contributed by atoms with Crippen LogP contribution in [-0.2, 0) is 4.74 Å². The van der Waals surface area contributed by atoms with Crippen LogP contribution < -0.4 is 0 Å². The van der Waals surface area contributed by atoms with Gasteiger partial charge in [-0.15, -0.1) is 0 Å². The number of furan rings is 1. The van der Waals surface area contributed by atoms with Crippen molar-refractivity contribution in [3.8, 4) is 0 Å². The molecule has 0 atom stereocenters. The molecule has 0 aliphatic rings. The Bertz CT molecular complexity index is 838. The van der Waals surface area contributed by atoms with E-state index in [4.69, 9.17) is 9.15 Å². The van der Waals surface area contributed by atoms with Gasteiger partial charge in [0.05, 0.1) is 5.69 Å². The van der Waals surface area contributed by atoms with Crippen molar-refractivity contribution < 1.29 is 23.5 Å². The van der Waals surface area contributed by atoms with E-state index in [0.717, 1.165) is 0 Å². The van der Waals surface area contributed by atoms with Gasteiger partial charge in [0.15, 0.2) is 12.4 Å². The van der Waals surface area contributed by atoms with Crippen molar-refractivity contribution in [1.82, 2.24) is 4.98 Å². The van der Waals surface area contributed by atoms with Gasteiger partial charge in [0.1, 0.15) is 17.1 Å². The van der Waals surface area contributed by atoms with Crippen LogP contribution in [-0.4, -0.2) is 29.1 Å². The second kappa shape index (κ2) is 6.47. The highest BCUT2D eigenvalue weighted by atomic mass is 16.5. The lowest BCUT2D eigenvalue weighted by atomic mass is 10.1. The van der Waals surface area contributed by atoms with E-state index < -0.39 is 12.6 Å². The highest BCUT2D eigenvalue weighted by Crippen LogP contribution is 2.22. The molecule has 0 amide bonds. The second-order valence-corrected chi connectivity index (χ2v) is 5.89. The van der Waals surface area contributed by atoms with Crippen LogP contribution in [0.3, 0.4) is 0 Å². The monoisotopic (exact) mass is 331 g/mol. The number of rotatable bonds is 5. The number of esters is 1. The SMILES string of the molecule is CC(=O)c1c(C)[nH]c(C(=O)COC(=O)c2c(C)oc(C)c2C)c1C. The van der Waals surface area contributed by atoms with E-state index in [1.165, 1.54) is 6.92 Å². The van der Waals surface area contributed by atoms with Crippen LogP contribution in [0.25, 0.3) is 0 Å². The Hall–Kier alpha value is -2.63. The Morgan fingerprint density at radius 1 is 0.958 bits per heavy atom. The summed E-state index contributed by atoms with van der Waals surface area (Å²) in [4.78, 5) is 39.1. The number of hydrogen-bond donors (Lipinski definition) is 1. The second-order valence-electron chi connectivity index (χ2n) is 5.89. The maximum Gasteiger partial charge on any atom is 0.342 e. The maximum absolute atomic E-state index is 12.3. The smallest absolute Gasteiger partial charge is 0.342 e. The fraction of sp³-hybridized carbons (Fsp3) is 0.389. The summed E-state index contributed by atoms with van der Waals surface area (Å²) in [5.74, 6) is 0.0215.